The minimum Gasteiger partial charge on any atom is -0.492 e. The quantitative estimate of drug-likeness (QED) is 0.756. The van der Waals surface area contributed by atoms with Gasteiger partial charge in [-0.1, -0.05) is 22.0 Å². The molecule has 100 valence electrons. The van der Waals surface area contributed by atoms with Crippen LogP contribution in [0.3, 0.4) is 0 Å². The number of nitrogens with zero attached hydrogens (tertiary/aromatic N) is 1. The molecule has 1 rings (SSSR count). The maximum atomic E-state index is 11.5. The first-order valence-electron chi connectivity index (χ1n) is 6.04. The number of amides is 1. The number of hydrogen-bond acceptors (Lipinski definition) is 2. The summed E-state index contributed by atoms with van der Waals surface area (Å²) in [4.78, 5) is 13.2. The predicted molar refractivity (Wildman–Crippen MR) is 77.5 cm³/mol. The Bertz CT molecular complexity index is 387. The zero-order valence-electron chi connectivity index (χ0n) is 11.2. The first-order valence-corrected chi connectivity index (χ1v) is 7.16. The van der Waals surface area contributed by atoms with Crippen molar-refractivity contribution in [3.63, 3.8) is 0 Å². The third-order valence-corrected chi connectivity index (χ3v) is 3.02. The lowest BCUT2D eigenvalue weighted by atomic mass is 10.1. The highest BCUT2D eigenvalue weighted by molar-refractivity contribution is 9.09. The van der Waals surface area contributed by atoms with Crippen LogP contribution in [0.5, 0.6) is 5.75 Å². The zero-order valence-corrected chi connectivity index (χ0v) is 12.8. The van der Waals surface area contributed by atoms with Gasteiger partial charge < -0.3 is 9.64 Å². The fourth-order valence-electron chi connectivity index (χ4n) is 1.71. The highest BCUT2D eigenvalue weighted by Gasteiger charge is 2.07. The highest BCUT2D eigenvalue weighted by atomic mass is 79.9. The van der Waals surface area contributed by atoms with Gasteiger partial charge in [0.1, 0.15) is 12.4 Å². The fraction of sp³-hybridized carbons (Fsp3) is 0.500. The van der Waals surface area contributed by atoms with Gasteiger partial charge in [0.15, 0.2) is 0 Å². The summed E-state index contributed by atoms with van der Waals surface area (Å²) >= 11 is 3.26. The number of rotatable bonds is 6. The minimum atomic E-state index is 0.135. The second kappa shape index (κ2) is 7.41. The van der Waals surface area contributed by atoms with Gasteiger partial charge in [0, 0.05) is 18.8 Å². The van der Waals surface area contributed by atoms with Crippen molar-refractivity contribution in [2.75, 3.05) is 25.5 Å². The molecule has 0 N–H and O–H groups in total. The molecule has 0 unspecified atom stereocenters. The molecule has 1 aromatic rings. The lowest BCUT2D eigenvalue weighted by Gasteiger charge is -2.17. The van der Waals surface area contributed by atoms with Gasteiger partial charge in [0.2, 0.25) is 5.91 Å². The summed E-state index contributed by atoms with van der Waals surface area (Å²) < 4.78 is 5.66. The van der Waals surface area contributed by atoms with Crippen molar-refractivity contribution in [2.24, 2.45) is 0 Å². The van der Waals surface area contributed by atoms with Crippen LogP contribution in [0, 0.1) is 13.8 Å². The van der Waals surface area contributed by atoms with Crippen LogP contribution in [0.4, 0.5) is 0 Å². The molecule has 0 aliphatic carbocycles. The Hall–Kier alpha value is -1.03. The van der Waals surface area contributed by atoms with E-state index in [1.165, 1.54) is 11.1 Å². The van der Waals surface area contributed by atoms with E-state index in [9.17, 15) is 4.79 Å². The summed E-state index contributed by atoms with van der Waals surface area (Å²) in [6.45, 7) is 5.23. The van der Waals surface area contributed by atoms with Crippen LogP contribution in [0.15, 0.2) is 18.2 Å². The molecule has 0 spiro atoms. The Morgan fingerprint density at radius 1 is 1.28 bits per heavy atom. The first kappa shape index (κ1) is 15.0. The van der Waals surface area contributed by atoms with Crippen molar-refractivity contribution in [2.45, 2.75) is 20.3 Å². The number of likely N-dealkylation sites (N-methyl/N-ethyl adjacent to an activating group) is 1. The average molecular weight is 314 g/mol. The molecule has 1 aromatic carbocycles. The van der Waals surface area contributed by atoms with E-state index in [0.29, 0.717) is 24.9 Å². The van der Waals surface area contributed by atoms with Crippen LogP contribution in [0.2, 0.25) is 0 Å². The van der Waals surface area contributed by atoms with E-state index in [2.05, 4.69) is 22.0 Å². The number of benzene rings is 1. The Kier molecular flexibility index (Phi) is 6.19. The molecule has 0 aliphatic rings. The number of carbonyl (C=O) groups excluding carboxylic acids is 1. The Labute approximate surface area is 117 Å². The summed E-state index contributed by atoms with van der Waals surface area (Å²) in [7, 11) is 1.80. The summed E-state index contributed by atoms with van der Waals surface area (Å²) in [5.74, 6) is 1.00. The summed E-state index contributed by atoms with van der Waals surface area (Å²) in [5.41, 5.74) is 2.38. The standard InChI is InChI=1S/C14H20BrNO2/c1-11-8-12(2)10-13(9-11)18-7-6-16(3)14(17)4-5-15/h8-10H,4-7H2,1-3H3. The van der Waals surface area contributed by atoms with Crippen LogP contribution < -0.4 is 4.74 Å². The molecule has 0 heterocycles. The molecule has 0 atom stereocenters. The second-order valence-electron chi connectivity index (χ2n) is 4.43. The molecule has 4 heteroatoms. The van der Waals surface area contributed by atoms with E-state index in [-0.39, 0.29) is 5.91 Å². The minimum absolute atomic E-state index is 0.135. The number of alkyl halides is 1. The number of halogens is 1. The molecule has 1 amide bonds. The van der Waals surface area contributed by atoms with E-state index in [1.807, 2.05) is 26.0 Å². The monoisotopic (exact) mass is 313 g/mol. The fourth-order valence-corrected chi connectivity index (χ4v) is 2.05. The predicted octanol–water partition coefficient (Wildman–Crippen LogP) is 2.93. The van der Waals surface area contributed by atoms with Gasteiger partial charge in [-0.3, -0.25) is 4.79 Å². The van der Waals surface area contributed by atoms with Crippen LogP contribution >= 0.6 is 15.9 Å². The van der Waals surface area contributed by atoms with Gasteiger partial charge >= 0.3 is 0 Å². The van der Waals surface area contributed by atoms with E-state index in [4.69, 9.17) is 4.74 Å². The zero-order chi connectivity index (χ0) is 13.5. The Morgan fingerprint density at radius 2 is 1.89 bits per heavy atom. The molecule has 0 fully saturated rings. The maximum Gasteiger partial charge on any atom is 0.223 e. The Balaban J connectivity index is 2.39. The van der Waals surface area contributed by atoms with Crippen molar-refractivity contribution in [1.29, 1.82) is 0 Å². The van der Waals surface area contributed by atoms with Crippen molar-refractivity contribution >= 4 is 21.8 Å². The molecule has 3 nitrogen and oxygen atoms in total. The number of carbonyl (C=O) groups is 1. The van der Waals surface area contributed by atoms with Gasteiger partial charge in [-0.05, 0) is 37.1 Å². The number of aryl methyl sites for hydroxylation is 2. The topological polar surface area (TPSA) is 29.5 Å². The van der Waals surface area contributed by atoms with Crippen LogP contribution in [-0.4, -0.2) is 36.3 Å². The molecule has 0 aromatic heterocycles. The molecule has 0 saturated carbocycles. The third-order valence-electron chi connectivity index (χ3n) is 2.62. The smallest absolute Gasteiger partial charge is 0.223 e. The van der Waals surface area contributed by atoms with Crippen molar-refractivity contribution < 1.29 is 9.53 Å². The first-order chi connectivity index (χ1) is 8.52. The van der Waals surface area contributed by atoms with Crippen LogP contribution in [0.25, 0.3) is 0 Å². The lowest BCUT2D eigenvalue weighted by Crippen LogP contribution is -2.30. The van der Waals surface area contributed by atoms with E-state index in [0.717, 1.165) is 5.75 Å². The largest absolute Gasteiger partial charge is 0.492 e. The molecule has 0 saturated heterocycles. The van der Waals surface area contributed by atoms with E-state index in [1.54, 1.807) is 11.9 Å². The van der Waals surface area contributed by atoms with Crippen molar-refractivity contribution in [3.05, 3.63) is 29.3 Å². The third kappa shape index (κ3) is 5.08. The molecule has 0 aliphatic heterocycles. The van der Waals surface area contributed by atoms with Gasteiger partial charge in [0.25, 0.3) is 0 Å². The highest BCUT2D eigenvalue weighted by Crippen LogP contribution is 2.16. The van der Waals surface area contributed by atoms with E-state index < -0.39 is 0 Å². The second-order valence-corrected chi connectivity index (χ2v) is 5.22. The number of ether oxygens (including phenoxy) is 1. The maximum absolute atomic E-state index is 11.5. The van der Waals surface area contributed by atoms with Crippen LogP contribution in [-0.2, 0) is 4.79 Å². The summed E-state index contributed by atoms with van der Waals surface area (Å²) in [6.07, 6.45) is 0.528. The summed E-state index contributed by atoms with van der Waals surface area (Å²) in [6, 6.07) is 6.12. The average Bonchev–Trinajstić information content (AvgIpc) is 2.27. The Morgan fingerprint density at radius 3 is 2.44 bits per heavy atom. The van der Waals surface area contributed by atoms with Crippen molar-refractivity contribution in [1.82, 2.24) is 4.90 Å². The van der Waals surface area contributed by atoms with Gasteiger partial charge in [-0.2, -0.15) is 0 Å². The molecular weight excluding hydrogens is 294 g/mol. The van der Waals surface area contributed by atoms with Gasteiger partial charge in [-0.15, -0.1) is 0 Å². The normalized spacial score (nSPS) is 10.2. The molecule has 18 heavy (non-hydrogen) atoms. The van der Waals surface area contributed by atoms with Crippen molar-refractivity contribution in [3.8, 4) is 5.75 Å². The van der Waals surface area contributed by atoms with E-state index >= 15 is 0 Å². The molecule has 0 radical (unpaired) electrons. The van der Waals surface area contributed by atoms with Crippen LogP contribution in [0.1, 0.15) is 17.5 Å². The SMILES string of the molecule is Cc1cc(C)cc(OCCN(C)C(=O)CCBr)c1. The van der Waals surface area contributed by atoms with Gasteiger partial charge in [-0.25, -0.2) is 0 Å². The molecule has 0 bridgehead atoms. The lowest BCUT2D eigenvalue weighted by molar-refractivity contribution is -0.129. The molecular formula is C14H20BrNO2. The summed E-state index contributed by atoms with van der Waals surface area (Å²) in [5, 5.41) is 0.702. The number of hydrogen-bond donors (Lipinski definition) is 0. The van der Waals surface area contributed by atoms with Gasteiger partial charge in [0.05, 0.1) is 6.54 Å².